The van der Waals surface area contributed by atoms with Gasteiger partial charge in [-0.15, -0.1) is 0 Å². The minimum atomic E-state index is -3.57. The Bertz CT molecular complexity index is 744. The van der Waals surface area contributed by atoms with Crippen molar-refractivity contribution in [2.75, 3.05) is 32.9 Å². The van der Waals surface area contributed by atoms with Gasteiger partial charge in [0.15, 0.2) is 6.61 Å². The molecule has 0 spiro atoms. The van der Waals surface area contributed by atoms with Gasteiger partial charge in [0.2, 0.25) is 10.0 Å². The second kappa shape index (κ2) is 9.67. The molecule has 1 aliphatic heterocycles. The van der Waals surface area contributed by atoms with Crippen LogP contribution in [0, 0.1) is 0 Å². The molecule has 1 saturated heterocycles. The highest BCUT2D eigenvalue weighted by molar-refractivity contribution is 7.89. The van der Waals surface area contributed by atoms with Gasteiger partial charge in [0.25, 0.3) is 5.91 Å². The van der Waals surface area contributed by atoms with Gasteiger partial charge in [-0.25, -0.2) is 13.2 Å². The quantitative estimate of drug-likeness (QED) is 0.698. The Morgan fingerprint density at radius 1 is 1.22 bits per heavy atom. The molecule has 0 aliphatic carbocycles. The van der Waals surface area contributed by atoms with E-state index >= 15 is 0 Å². The Hall–Kier alpha value is -2.17. The van der Waals surface area contributed by atoms with Crippen LogP contribution in [-0.2, 0) is 19.6 Å². The normalized spacial score (nSPS) is 16.4. The summed E-state index contributed by atoms with van der Waals surface area (Å²) >= 11 is 0. The summed E-state index contributed by atoms with van der Waals surface area (Å²) < 4.78 is 36.9. The van der Waals surface area contributed by atoms with Crippen molar-refractivity contribution < 1.29 is 27.5 Å². The molecule has 0 aromatic heterocycles. The number of sulfonamides is 1. The van der Waals surface area contributed by atoms with E-state index in [1.165, 1.54) is 28.6 Å². The fourth-order valence-electron chi connectivity index (χ4n) is 2.32. The van der Waals surface area contributed by atoms with Crippen LogP contribution in [0.1, 0.15) is 20.3 Å². The largest absolute Gasteiger partial charge is 0.484 e. The van der Waals surface area contributed by atoms with Crippen molar-refractivity contribution in [1.82, 2.24) is 14.9 Å². The highest BCUT2D eigenvalue weighted by Gasteiger charge is 2.26. The fourth-order valence-corrected chi connectivity index (χ4v) is 3.73. The zero-order valence-corrected chi connectivity index (χ0v) is 16.3. The first-order chi connectivity index (χ1) is 12.8. The van der Waals surface area contributed by atoms with Crippen LogP contribution in [0.4, 0.5) is 4.79 Å². The van der Waals surface area contributed by atoms with E-state index in [1.807, 2.05) is 13.8 Å². The molecule has 0 unspecified atom stereocenters. The number of urea groups is 1. The third kappa shape index (κ3) is 6.19. The molecule has 0 radical (unpaired) electrons. The van der Waals surface area contributed by atoms with Crippen molar-refractivity contribution in [3.8, 4) is 5.75 Å². The van der Waals surface area contributed by atoms with Gasteiger partial charge in [-0.2, -0.15) is 4.31 Å². The number of imide groups is 1. The lowest BCUT2D eigenvalue weighted by Crippen LogP contribution is -2.44. The number of hydrogen-bond acceptors (Lipinski definition) is 6. The Labute approximate surface area is 159 Å². The van der Waals surface area contributed by atoms with Gasteiger partial charge in [-0.05, 0) is 37.6 Å². The van der Waals surface area contributed by atoms with E-state index in [0.29, 0.717) is 32.1 Å². The summed E-state index contributed by atoms with van der Waals surface area (Å²) in [4.78, 5) is 23.4. The minimum Gasteiger partial charge on any atom is -0.484 e. The van der Waals surface area contributed by atoms with Gasteiger partial charge >= 0.3 is 6.03 Å². The third-order valence-corrected chi connectivity index (χ3v) is 5.96. The van der Waals surface area contributed by atoms with Crippen LogP contribution in [-0.4, -0.2) is 63.6 Å². The summed E-state index contributed by atoms with van der Waals surface area (Å²) in [5.41, 5.74) is 0. The number of morpholine rings is 1. The third-order valence-electron chi connectivity index (χ3n) is 4.04. The SMILES string of the molecule is CC[C@@H](C)NC(=O)NC(=O)COc1ccc(S(=O)(=O)N2CCOCC2)cc1. The van der Waals surface area contributed by atoms with E-state index in [2.05, 4.69) is 10.6 Å². The molecule has 9 nitrogen and oxygen atoms in total. The molecule has 27 heavy (non-hydrogen) atoms. The molecule has 0 bridgehead atoms. The van der Waals surface area contributed by atoms with Crippen LogP contribution >= 0.6 is 0 Å². The van der Waals surface area contributed by atoms with Gasteiger partial charge < -0.3 is 14.8 Å². The lowest BCUT2D eigenvalue weighted by atomic mass is 10.3. The molecule has 3 amide bonds. The van der Waals surface area contributed by atoms with Crippen molar-refractivity contribution in [2.24, 2.45) is 0 Å². The highest BCUT2D eigenvalue weighted by Crippen LogP contribution is 2.20. The number of nitrogens with zero attached hydrogens (tertiary/aromatic N) is 1. The molecular formula is C17H25N3O6S. The van der Waals surface area contributed by atoms with Crippen LogP contribution in [0.15, 0.2) is 29.2 Å². The van der Waals surface area contributed by atoms with E-state index in [-0.39, 0.29) is 17.5 Å². The molecule has 2 N–H and O–H groups in total. The number of amides is 3. The summed E-state index contributed by atoms with van der Waals surface area (Å²) in [5, 5.41) is 4.77. The fraction of sp³-hybridized carbons (Fsp3) is 0.529. The molecule has 150 valence electrons. The lowest BCUT2D eigenvalue weighted by molar-refractivity contribution is -0.122. The predicted molar refractivity (Wildman–Crippen MR) is 97.9 cm³/mol. The average Bonchev–Trinajstić information content (AvgIpc) is 2.67. The lowest BCUT2D eigenvalue weighted by Gasteiger charge is -2.26. The maximum atomic E-state index is 12.5. The molecular weight excluding hydrogens is 374 g/mol. The maximum Gasteiger partial charge on any atom is 0.321 e. The van der Waals surface area contributed by atoms with Gasteiger partial charge in [0.1, 0.15) is 5.75 Å². The monoisotopic (exact) mass is 399 g/mol. The Morgan fingerprint density at radius 3 is 2.44 bits per heavy atom. The number of ether oxygens (including phenoxy) is 2. The Morgan fingerprint density at radius 2 is 1.85 bits per heavy atom. The highest BCUT2D eigenvalue weighted by atomic mass is 32.2. The smallest absolute Gasteiger partial charge is 0.321 e. The second-order valence-corrected chi connectivity index (χ2v) is 8.05. The topological polar surface area (TPSA) is 114 Å². The summed E-state index contributed by atoms with van der Waals surface area (Å²) in [7, 11) is -3.57. The zero-order valence-electron chi connectivity index (χ0n) is 15.4. The predicted octanol–water partition coefficient (Wildman–Crippen LogP) is 0.711. The van der Waals surface area contributed by atoms with Gasteiger partial charge in [0, 0.05) is 19.1 Å². The number of rotatable bonds is 7. The second-order valence-electron chi connectivity index (χ2n) is 6.11. The first-order valence-corrected chi connectivity index (χ1v) is 10.2. The molecule has 10 heteroatoms. The van der Waals surface area contributed by atoms with E-state index in [4.69, 9.17) is 9.47 Å². The standard InChI is InChI=1S/C17H25N3O6S/c1-3-13(2)18-17(22)19-16(21)12-26-14-4-6-15(7-5-14)27(23,24)20-8-10-25-11-9-20/h4-7,13H,3,8-12H2,1-2H3,(H2,18,19,21,22)/t13-/m1/s1. The zero-order chi connectivity index (χ0) is 19.9. The van der Waals surface area contributed by atoms with E-state index in [9.17, 15) is 18.0 Å². The minimum absolute atomic E-state index is 0.0420. The Kier molecular flexibility index (Phi) is 7.57. The number of benzene rings is 1. The van der Waals surface area contributed by atoms with Crippen molar-refractivity contribution in [3.05, 3.63) is 24.3 Å². The molecule has 1 aromatic rings. The maximum absolute atomic E-state index is 12.5. The van der Waals surface area contributed by atoms with Crippen LogP contribution < -0.4 is 15.4 Å². The van der Waals surface area contributed by atoms with Crippen LogP contribution in [0.3, 0.4) is 0 Å². The number of nitrogens with one attached hydrogen (secondary N) is 2. The van der Waals surface area contributed by atoms with Gasteiger partial charge in [-0.3, -0.25) is 10.1 Å². The van der Waals surface area contributed by atoms with Crippen LogP contribution in [0.5, 0.6) is 5.75 Å². The molecule has 1 heterocycles. The molecule has 1 aliphatic rings. The van der Waals surface area contributed by atoms with Crippen LogP contribution in [0.2, 0.25) is 0 Å². The van der Waals surface area contributed by atoms with E-state index in [0.717, 1.165) is 6.42 Å². The molecule has 1 aromatic carbocycles. The molecule has 2 rings (SSSR count). The van der Waals surface area contributed by atoms with Crippen molar-refractivity contribution in [3.63, 3.8) is 0 Å². The van der Waals surface area contributed by atoms with E-state index in [1.54, 1.807) is 0 Å². The first-order valence-electron chi connectivity index (χ1n) is 8.74. The summed E-state index contributed by atoms with van der Waals surface area (Å²) in [5.74, 6) is -0.269. The average molecular weight is 399 g/mol. The number of hydrogen-bond donors (Lipinski definition) is 2. The molecule has 1 fully saturated rings. The Balaban J connectivity index is 1.86. The van der Waals surface area contributed by atoms with Crippen LogP contribution in [0.25, 0.3) is 0 Å². The summed E-state index contributed by atoms with van der Waals surface area (Å²) in [6.07, 6.45) is 0.748. The first kappa shape index (κ1) is 21.1. The van der Waals surface area contributed by atoms with Gasteiger partial charge in [0.05, 0.1) is 18.1 Å². The van der Waals surface area contributed by atoms with E-state index < -0.39 is 22.0 Å². The number of carbonyl (C=O) groups is 2. The van der Waals surface area contributed by atoms with Gasteiger partial charge in [-0.1, -0.05) is 6.92 Å². The molecule has 1 atom stereocenters. The number of carbonyl (C=O) groups excluding carboxylic acids is 2. The van der Waals surface area contributed by atoms with Crippen molar-refractivity contribution in [1.29, 1.82) is 0 Å². The molecule has 0 saturated carbocycles. The summed E-state index contributed by atoms with van der Waals surface area (Å²) in [6, 6.07) is 5.17. The summed E-state index contributed by atoms with van der Waals surface area (Å²) in [6.45, 7) is 4.77. The van der Waals surface area contributed by atoms with Crippen molar-refractivity contribution in [2.45, 2.75) is 31.2 Å². The van der Waals surface area contributed by atoms with Crippen molar-refractivity contribution >= 4 is 22.0 Å².